The van der Waals surface area contributed by atoms with E-state index in [0.717, 1.165) is 22.5 Å². The number of sulfonamides is 1. The smallest absolute Gasteiger partial charge is 0.322 e. The lowest BCUT2D eigenvalue weighted by Crippen LogP contribution is -2.47. The monoisotopic (exact) mass is 312 g/mol. The highest BCUT2D eigenvalue weighted by Gasteiger charge is 2.38. The molecule has 1 aliphatic heterocycles. The van der Waals surface area contributed by atoms with Crippen molar-refractivity contribution in [2.75, 3.05) is 6.54 Å². The highest BCUT2D eigenvalue weighted by molar-refractivity contribution is 7.89. The quantitative estimate of drug-likeness (QED) is 0.907. The number of carbonyl (C=O) groups is 1. The van der Waals surface area contributed by atoms with Gasteiger partial charge >= 0.3 is 5.97 Å². The van der Waals surface area contributed by atoms with Crippen LogP contribution >= 0.6 is 0 Å². The van der Waals surface area contributed by atoms with Gasteiger partial charge in [0.2, 0.25) is 10.0 Å². The molecule has 6 nitrogen and oxygen atoms in total. The Morgan fingerprint density at radius 2 is 2.14 bits per heavy atom. The molecule has 8 heteroatoms. The topological polar surface area (TPSA) is 98.5 Å². The van der Waals surface area contributed by atoms with Crippen molar-refractivity contribution < 1.29 is 22.7 Å². The average Bonchev–Trinajstić information content (AvgIpc) is 2.46. The van der Waals surface area contributed by atoms with Crippen LogP contribution in [0.25, 0.3) is 0 Å². The minimum Gasteiger partial charge on any atom is -0.480 e. The number of halogens is 1. The van der Waals surface area contributed by atoms with Crippen LogP contribution in [0.1, 0.15) is 24.8 Å². The zero-order valence-electron chi connectivity index (χ0n) is 11.0. The van der Waals surface area contributed by atoms with E-state index in [9.17, 15) is 17.6 Å². The van der Waals surface area contributed by atoms with Gasteiger partial charge < -0.3 is 5.11 Å². The van der Waals surface area contributed by atoms with E-state index < -0.39 is 27.9 Å². The summed E-state index contributed by atoms with van der Waals surface area (Å²) in [6.07, 6.45) is 1.39. The van der Waals surface area contributed by atoms with Crippen molar-refractivity contribution >= 4 is 16.0 Å². The molecule has 1 aliphatic rings. The van der Waals surface area contributed by atoms with Crippen molar-refractivity contribution in [3.63, 3.8) is 0 Å². The van der Waals surface area contributed by atoms with Gasteiger partial charge in [0.1, 0.15) is 22.8 Å². The summed E-state index contributed by atoms with van der Waals surface area (Å²) in [5, 5.41) is 18.1. The van der Waals surface area contributed by atoms with E-state index in [-0.39, 0.29) is 23.4 Å². The Bertz CT molecular complexity index is 711. The number of carboxylic acid groups (broad SMARTS) is 1. The van der Waals surface area contributed by atoms with Crippen molar-refractivity contribution in [3.05, 3.63) is 29.6 Å². The molecule has 1 aromatic rings. The van der Waals surface area contributed by atoms with Gasteiger partial charge in [-0.25, -0.2) is 12.8 Å². The molecule has 1 N–H and O–H groups in total. The normalized spacial score (nSPS) is 19.9. The molecule has 112 valence electrons. The predicted molar refractivity (Wildman–Crippen MR) is 70.3 cm³/mol. The highest BCUT2D eigenvalue weighted by atomic mass is 32.2. The van der Waals surface area contributed by atoms with Crippen molar-refractivity contribution in [1.82, 2.24) is 4.31 Å². The fourth-order valence-corrected chi connectivity index (χ4v) is 4.16. The van der Waals surface area contributed by atoms with Gasteiger partial charge in [0.05, 0.1) is 5.56 Å². The number of rotatable bonds is 3. The van der Waals surface area contributed by atoms with E-state index in [1.165, 1.54) is 0 Å². The summed E-state index contributed by atoms with van der Waals surface area (Å²) in [6, 6.07) is 3.24. The molecule has 0 radical (unpaired) electrons. The van der Waals surface area contributed by atoms with Gasteiger partial charge in [-0.15, -0.1) is 0 Å². The van der Waals surface area contributed by atoms with Gasteiger partial charge in [-0.1, -0.05) is 0 Å². The van der Waals surface area contributed by atoms with Crippen LogP contribution in [0.5, 0.6) is 0 Å². The molecule has 0 aromatic heterocycles. The van der Waals surface area contributed by atoms with Crippen molar-refractivity contribution in [1.29, 1.82) is 5.26 Å². The molecule has 2 rings (SSSR count). The summed E-state index contributed by atoms with van der Waals surface area (Å²) in [4.78, 5) is 10.9. The van der Waals surface area contributed by atoms with Crippen LogP contribution in [0.3, 0.4) is 0 Å². The maximum absolute atomic E-state index is 13.1. The summed E-state index contributed by atoms with van der Waals surface area (Å²) in [6.45, 7) is 0.0710. The number of hydrogen-bond acceptors (Lipinski definition) is 4. The Labute approximate surface area is 121 Å². The second-order valence-electron chi connectivity index (χ2n) is 4.72. The van der Waals surface area contributed by atoms with Gasteiger partial charge in [0.25, 0.3) is 0 Å². The lowest BCUT2D eigenvalue weighted by molar-refractivity contribution is -0.142. The number of nitrogens with zero attached hydrogens (tertiary/aromatic N) is 2. The standard InChI is InChI=1S/C13H13FN2O4S/c14-10-4-5-12(9(7-10)8-15)21(19,20)16-6-2-1-3-11(16)13(17)18/h4-5,7,11H,1-3,6H2,(H,17,18). The molecule has 0 amide bonds. The maximum Gasteiger partial charge on any atom is 0.322 e. The van der Waals surface area contributed by atoms with Gasteiger partial charge in [0.15, 0.2) is 0 Å². The van der Waals surface area contributed by atoms with Crippen LogP contribution in [0.4, 0.5) is 4.39 Å². The Morgan fingerprint density at radius 3 is 2.76 bits per heavy atom. The third kappa shape index (κ3) is 2.89. The Kier molecular flexibility index (Phi) is 4.25. The third-order valence-electron chi connectivity index (χ3n) is 3.39. The van der Waals surface area contributed by atoms with Gasteiger partial charge in [-0.2, -0.15) is 9.57 Å². The highest BCUT2D eigenvalue weighted by Crippen LogP contribution is 2.27. The fraction of sp³-hybridized carbons (Fsp3) is 0.385. The summed E-state index contributed by atoms with van der Waals surface area (Å²) in [5.41, 5.74) is -0.329. The first kappa shape index (κ1) is 15.4. The molecule has 0 saturated carbocycles. The number of piperidine rings is 1. The molecule has 1 heterocycles. The molecule has 21 heavy (non-hydrogen) atoms. The van der Waals surface area contributed by atoms with E-state index in [4.69, 9.17) is 10.4 Å². The van der Waals surface area contributed by atoms with Crippen LogP contribution in [0.15, 0.2) is 23.1 Å². The van der Waals surface area contributed by atoms with Crippen LogP contribution < -0.4 is 0 Å². The zero-order chi connectivity index (χ0) is 15.6. The predicted octanol–water partition coefficient (Wildman–Crippen LogP) is 1.33. The Balaban J connectivity index is 2.51. The molecular formula is C13H13FN2O4S. The molecular weight excluding hydrogens is 299 g/mol. The average molecular weight is 312 g/mol. The first-order valence-electron chi connectivity index (χ1n) is 6.32. The fourth-order valence-electron chi connectivity index (χ4n) is 2.38. The number of hydrogen-bond donors (Lipinski definition) is 1. The van der Waals surface area contributed by atoms with E-state index >= 15 is 0 Å². The van der Waals surface area contributed by atoms with Crippen LogP contribution in [-0.4, -0.2) is 36.4 Å². The number of benzene rings is 1. The summed E-state index contributed by atoms with van der Waals surface area (Å²) >= 11 is 0. The van der Waals surface area contributed by atoms with E-state index in [2.05, 4.69) is 0 Å². The van der Waals surface area contributed by atoms with Crippen LogP contribution in [0, 0.1) is 17.1 Å². The summed E-state index contributed by atoms with van der Waals surface area (Å²) in [5.74, 6) is -1.95. The molecule has 0 bridgehead atoms. The number of aliphatic carboxylic acids is 1. The molecule has 1 aromatic carbocycles. The largest absolute Gasteiger partial charge is 0.480 e. The summed E-state index contributed by atoms with van der Waals surface area (Å²) < 4.78 is 39.2. The molecule has 1 saturated heterocycles. The second kappa shape index (κ2) is 5.79. The lowest BCUT2D eigenvalue weighted by Gasteiger charge is -2.32. The van der Waals surface area contributed by atoms with Crippen LogP contribution in [-0.2, 0) is 14.8 Å². The van der Waals surface area contributed by atoms with E-state index in [0.29, 0.717) is 12.8 Å². The molecule has 1 atom stereocenters. The Hall–Kier alpha value is -1.98. The molecule has 0 spiro atoms. The first-order valence-corrected chi connectivity index (χ1v) is 7.76. The van der Waals surface area contributed by atoms with Gasteiger partial charge in [-0.3, -0.25) is 4.79 Å². The minimum absolute atomic E-state index is 0.0710. The van der Waals surface area contributed by atoms with E-state index in [1.54, 1.807) is 6.07 Å². The maximum atomic E-state index is 13.1. The first-order chi connectivity index (χ1) is 9.87. The molecule has 1 unspecified atom stereocenters. The minimum atomic E-state index is -4.15. The van der Waals surface area contributed by atoms with Gasteiger partial charge in [0, 0.05) is 6.54 Å². The van der Waals surface area contributed by atoms with Crippen molar-refractivity contribution in [3.8, 4) is 6.07 Å². The molecule has 0 aliphatic carbocycles. The zero-order valence-corrected chi connectivity index (χ0v) is 11.8. The van der Waals surface area contributed by atoms with Crippen molar-refractivity contribution in [2.24, 2.45) is 0 Å². The SMILES string of the molecule is N#Cc1cc(F)ccc1S(=O)(=O)N1CCCCC1C(=O)O. The van der Waals surface area contributed by atoms with E-state index in [1.807, 2.05) is 0 Å². The summed E-state index contributed by atoms with van der Waals surface area (Å²) in [7, 11) is -4.15. The van der Waals surface area contributed by atoms with Gasteiger partial charge in [-0.05, 0) is 37.5 Å². The van der Waals surface area contributed by atoms with Crippen molar-refractivity contribution in [2.45, 2.75) is 30.2 Å². The lowest BCUT2D eigenvalue weighted by atomic mass is 10.1. The van der Waals surface area contributed by atoms with Crippen LogP contribution in [0.2, 0.25) is 0 Å². The third-order valence-corrected chi connectivity index (χ3v) is 5.35. The number of nitriles is 1. The Morgan fingerprint density at radius 1 is 1.43 bits per heavy atom. The molecule has 1 fully saturated rings. The second-order valence-corrected chi connectivity index (χ2v) is 6.58. The number of carboxylic acids is 1.